The average Bonchev–Trinajstić information content (AvgIpc) is 3.03. The fraction of sp³-hybridized carbons (Fsp3) is 0.438. The Morgan fingerprint density at radius 2 is 2.14 bits per heavy atom. The van der Waals surface area contributed by atoms with Crippen LogP contribution in [0, 0.1) is 5.82 Å². The first-order valence-corrected chi connectivity index (χ1v) is 8.35. The number of halogens is 1. The summed E-state index contributed by atoms with van der Waals surface area (Å²) < 4.78 is 17.0. The number of nitrogens with zero attached hydrogens (tertiary/aromatic N) is 3. The summed E-state index contributed by atoms with van der Waals surface area (Å²) in [5.41, 5.74) is 1.75. The molecule has 1 aliphatic heterocycles. The zero-order valence-corrected chi connectivity index (χ0v) is 13.3. The van der Waals surface area contributed by atoms with Crippen LogP contribution in [0.5, 0.6) is 0 Å². The number of likely N-dealkylation sites (tertiary alicyclic amines) is 1. The smallest absolute Gasteiger partial charge is 0.268 e. The molecule has 0 bridgehead atoms. The fourth-order valence-corrected chi connectivity index (χ4v) is 3.65. The second-order valence-electron chi connectivity index (χ2n) is 5.46. The van der Waals surface area contributed by atoms with Crippen LogP contribution in [0.3, 0.4) is 0 Å². The van der Waals surface area contributed by atoms with Gasteiger partial charge in [0, 0.05) is 6.54 Å². The molecule has 1 aliphatic rings. The van der Waals surface area contributed by atoms with Gasteiger partial charge in [0.1, 0.15) is 10.7 Å². The van der Waals surface area contributed by atoms with E-state index in [-0.39, 0.29) is 17.8 Å². The Hall–Kier alpha value is -1.82. The minimum atomic E-state index is -0.252. The average molecular weight is 319 g/mol. The van der Waals surface area contributed by atoms with E-state index in [4.69, 9.17) is 0 Å². The number of carbonyl (C=O) groups excluding carboxylic acids is 1. The molecule has 0 aliphatic carbocycles. The molecule has 3 rings (SSSR count). The number of hydrogen-bond donors (Lipinski definition) is 0. The van der Waals surface area contributed by atoms with Crippen LogP contribution in [0.25, 0.3) is 0 Å². The third kappa shape index (κ3) is 2.88. The summed E-state index contributed by atoms with van der Waals surface area (Å²) in [7, 11) is 0. The Kier molecular flexibility index (Phi) is 4.47. The van der Waals surface area contributed by atoms with E-state index in [2.05, 4.69) is 9.59 Å². The number of benzene rings is 1. The van der Waals surface area contributed by atoms with Crippen molar-refractivity contribution in [3.05, 3.63) is 46.2 Å². The molecule has 1 amide bonds. The van der Waals surface area contributed by atoms with Crippen molar-refractivity contribution < 1.29 is 9.18 Å². The highest BCUT2D eigenvalue weighted by atomic mass is 32.1. The number of piperidine rings is 1. The largest absolute Gasteiger partial charge is 0.331 e. The first kappa shape index (κ1) is 15.1. The molecule has 1 unspecified atom stereocenters. The molecule has 0 radical (unpaired) electrons. The van der Waals surface area contributed by atoms with Gasteiger partial charge in [-0.15, -0.1) is 5.10 Å². The molecule has 2 aromatic rings. The lowest BCUT2D eigenvalue weighted by atomic mass is 9.95. The fourth-order valence-electron chi connectivity index (χ4n) is 2.94. The summed E-state index contributed by atoms with van der Waals surface area (Å²) in [6.45, 7) is 2.70. The summed E-state index contributed by atoms with van der Waals surface area (Å²) in [6.07, 6.45) is 3.68. The standard InChI is InChI=1S/C16H18FN3OS/c1-2-13-15(22-19-18-13)16(21)20-10-4-3-5-14(20)11-6-8-12(17)9-7-11/h6-9,14H,2-5,10H2,1H3. The Morgan fingerprint density at radius 3 is 2.86 bits per heavy atom. The van der Waals surface area contributed by atoms with Gasteiger partial charge in [0.05, 0.1) is 11.7 Å². The van der Waals surface area contributed by atoms with Gasteiger partial charge in [0.15, 0.2) is 0 Å². The highest BCUT2D eigenvalue weighted by Gasteiger charge is 2.31. The van der Waals surface area contributed by atoms with Gasteiger partial charge in [-0.3, -0.25) is 4.79 Å². The lowest BCUT2D eigenvalue weighted by Crippen LogP contribution is -2.38. The molecular weight excluding hydrogens is 301 g/mol. The second kappa shape index (κ2) is 6.52. The number of carbonyl (C=O) groups is 1. The minimum absolute atomic E-state index is 0.000810. The van der Waals surface area contributed by atoms with Crippen molar-refractivity contribution in [3.8, 4) is 0 Å². The van der Waals surface area contributed by atoms with Gasteiger partial charge in [-0.1, -0.05) is 23.5 Å². The van der Waals surface area contributed by atoms with Crippen LogP contribution in [-0.2, 0) is 6.42 Å². The normalized spacial score (nSPS) is 18.5. The van der Waals surface area contributed by atoms with E-state index < -0.39 is 0 Å². The van der Waals surface area contributed by atoms with Crippen LogP contribution in [0.2, 0.25) is 0 Å². The van der Waals surface area contributed by atoms with Crippen LogP contribution < -0.4 is 0 Å². The first-order chi connectivity index (χ1) is 10.7. The quantitative estimate of drug-likeness (QED) is 0.868. The van der Waals surface area contributed by atoms with Gasteiger partial charge in [-0.25, -0.2) is 4.39 Å². The Bertz CT molecular complexity index is 656. The summed E-state index contributed by atoms with van der Waals surface area (Å²) in [4.78, 5) is 15.4. The van der Waals surface area contributed by atoms with Crippen LogP contribution in [0.15, 0.2) is 24.3 Å². The molecule has 1 aromatic carbocycles. The molecular formula is C16H18FN3OS. The van der Waals surface area contributed by atoms with Crippen molar-refractivity contribution in [2.24, 2.45) is 0 Å². The predicted octanol–water partition coefficient (Wildman–Crippen LogP) is 3.61. The molecule has 22 heavy (non-hydrogen) atoms. The number of aromatic nitrogens is 2. The van der Waals surface area contributed by atoms with E-state index in [9.17, 15) is 9.18 Å². The van der Waals surface area contributed by atoms with Gasteiger partial charge in [0.25, 0.3) is 5.91 Å². The van der Waals surface area contributed by atoms with Crippen LogP contribution in [-0.4, -0.2) is 26.9 Å². The Morgan fingerprint density at radius 1 is 1.36 bits per heavy atom. The maximum Gasteiger partial charge on any atom is 0.268 e. The SMILES string of the molecule is CCc1nnsc1C(=O)N1CCCCC1c1ccc(F)cc1. The van der Waals surface area contributed by atoms with E-state index in [0.717, 1.165) is 48.6 Å². The molecule has 1 saturated heterocycles. The third-order valence-corrected chi connectivity index (χ3v) is 4.86. The number of aryl methyl sites for hydroxylation is 1. The lowest BCUT2D eigenvalue weighted by molar-refractivity contribution is 0.0615. The van der Waals surface area contributed by atoms with E-state index in [0.29, 0.717) is 11.3 Å². The molecule has 4 nitrogen and oxygen atoms in total. The summed E-state index contributed by atoms with van der Waals surface area (Å²) >= 11 is 1.16. The predicted molar refractivity (Wildman–Crippen MR) is 83.3 cm³/mol. The van der Waals surface area contributed by atoms with Gasteiger partial charge >= 0.3 is 0 Å². The van der Waals surface area contributed by atoms with E-state index in [1.54, 1.807) is 12.1 Å². The van der Waals surface area contributed by atoms with Gasteiger partial charge < -0.3 is 4.90 Å². The molecule has 1 atom stereocenters. The first-order valence-electron chi connectivity index (χ1n) is 7.58. The zero-order valence-electron chi connectivity index (χ0n) is 12.5. The molecule has 116 valence electrons. The number of rotatable bonds is 3. The van der Waals surface area contributed by atoms with Crippen molar-refractivity contribution in [1.29, 1.82) is 0 Å². The van der Waals surface area contributed by atoms with Crippen LogP contribution in [0.1, 0.15) is 53.2 Å². The molecule has 1 fully saturated rings. The number of amides is 1. The van der Waals surface area contributed by atoms with Crippen molar-refractivity contribution in [2.45, 2.75) is 38.6 Å². The molecule has 0 N–H and O–H groups in total. The topological polar surface area (TPSA) is 46.1 Å². The molecule has 1 aromatic heterocycles. The summed E-state index contributed by atoms with van der Waals surface area (Å²) in [5, 5.41) is 4.03. The summed E-state index contributed by atoms with van der Waals surface area (Å²) in [6, 6.07) is 6.47. The zero-order chi connectivity index (χ0) is 15.5. The summed E-state index contributed by atoms with van der Waals surface area (Å²) in [5.74, 6) is -0.252. The van der Waals surface area contributed by atoms with E-state index >= 15 is 0 Å². The Balaban J connectivity index is 1.89. The van der Waals surface area contributed by atoms with Crippen molar-refractivity contribution >= 4 is 17.4 Å². The maximum absolute atomic E-state index is 13.1. The molecule has 6 heteroatoms. The van der Waals surface area contributed by atoms with Crippen molar-refractivity contribution in [1.82, 2.24) is 14.5 Å². The van der Waals surface area contributed by atoms with Gasteiger partial charge in [0.2, 0.25) is 0 Å². The lowest BCUT2D eigenvalue weighted by Gasteiger charge is -2.36. The van der Waals surface area contributed by atoms with E-state index in [1.807, 2.05) is 11.8 Å². The van der Waals surface area contributed by atoms with Crippen LogP contribution >= 0.6 is 11.5 Å². The third-order valence-electron chi connectivity index (χ3n) is 4.10. The monoisotopic (exact) mass is 319 g/mol. The molecule has 2 heterocycles. The molecule has 0 spiro atoms. The minimum Gasteiger partial charge on any atom is -0.331 e. The molecule has 0 saturated carbocycles. The maximum atomic E-state index is 13.1. The number of hydrogen-bond acceptors (Lipinski definition) is 4. The Labute approximate surface area is 133 Å². The van der Waals surface area contributed by atoms with Crippen molar-refractivity contribution in [2.75, 3.05) is 6.54 Å². The van der Waals surface area contributed by atoms with E-state index in [1.165, 1.54) is 12.1 Å². The highest BCUT2D eigenvalue weighted by Crippen LogP contribution is 2.33. The highest BCUT2D eigenvalue weighted by molar-refractivity contribution is 7.08. The second-order valence-corrected chi connectivity index (χ2v) is 6.22. The van der Waals surface area contributed by atoms with Crippen molar-refractivity contribution in [3.63, 3.8) is 0 Å². The van der Waals surface area contributed by atoms with Crippen LogP contribution in [0.4, 0.5) is 4.39 Å². The van der Waals surface area contributed by atoms with Gasteiger partial charge in [-0.05, 0) is 54.9 Å². The van der Waals surface area contributed by atoms with Gasteiger partial charge in [-0.2, -0.15) is 0 Å².